The number of aliphatic hydroxyl groups excluding tert-OH is 1. The van der Waals surface area contributed by atoms with Crippen molar-refractivity contribution in [2.45, 2.75) is 120 Å². The number of hydroxylamine groups is 1. The molecule has 77 heavy (non-hydrogen) atoms. The number of aromatic amines is 1. The summed E-state index contributed by atoms with van der Waals surface area (Å²) in [4.78, 5) is 55.8. The highest BCUT2D eigenvalue weighted by molar-refractivity contribution is 6.32. The van der Waals surface area contributed by atoms with Crippen LogP contribution in [-0.2, 0) is 9.59 Å². The first-order valence-electron chi connectivity index (χ1n) is 27.1. The summed E-state index contributed by atoms with van der Waals surface area (Å²) in [6, 6.07) is 22.3. The number of amides is 2. The van der Waals surface area contributed by atoms with E-state index in [1.807, 2.05) is 38.2 Å². The molecule has 17 nitrogen and oxygen atoms in total. The zero-order valence-electron chi connectivity index (χ0n) is 43.1. The van der Waals surface area contributed by atoms with Gasteiger partial charge < -0.3 is 44.2 Å². The summed E-state index contributed by atoms with van der Waals surface area (Å²) in [5.74, 6) is -0.319. The molecule has 4 aromatic heterocycles. The number of likely N-dealkylation sites (tertiary alicyclic amines) is 2. The Hall–Kier alpha value is -7.15. The number of carbonyl (C=O) groups is 2. The first kappa shape index (κ1) is 50.7. The molecule has 0 spiro atoms. The second-order valence-corrected chi connectivity index (χ2v) is 22.3. The van der Waals surface area contributed by atoms with Gasteiger partial charge in [0.15, 0.2) is 17.2 Å². The summed E-state index contributed by atoms with van der Waals surface area (Å²) in [7, 11) is 0. The zero-order chi connectivity index (χ0) is 52.9. The molecule has 400 valence electrons. The molecule has 1 aliphatic carbocycles. The van der Waals surface area contributed by atoms with Crippen LogP contribution in [0.1, 0.15) is 106 Å². The van der Waals surface area contributed by atoms with E-state index >= 15 is 0 Å². The van der Waals surface area contributed by atoms with Gasteiger partial charge in [0.2, 0.25) is 11.9 Å². The molecule has 12 rings (SSSR count). The number of aromatic nitrogens is 6. The third kappa shape index (κ3) is 9.95. The lowest BCUT2D eigenvalue weighted by molar-refractivity contribution is -0.143. The normalized spacial score (nSPS) is 23.5. The average molecular weight is 1060 g/mol. The Kier molecular flexibility index (Phi) is 14.0. The SMILES string of the molecule is CC(C)[C@@H](C(=O)N1C[C@H](O)C[C@H]1C(=O)NOc1ccc(-c2ccccc2F)cc1)c1onc([C@H]2CC[C@@H](N3CCC(c4cnc(N5C6CCC5CN(c5c[nH]c7nnc(-c8ccccc8O)cc57)C6)nc4)CC3)CC2)c1Cl. The molecule has 8 heterocycles. The number of piperazine rings is 1. The number of β-amino-alcohol motifs (C(OH)–C–C–N with tert-alkyl or cyclic N) is 1. The number of carbonyl (C=O) groups excluding carboxylic acids is 2. The Morgan fingerprint density at radius 1 is 0.844 bits per heavy atom. The predicted molar refractivity (Wildman–Crippen MR) is 289 cm³/mol. The van der Waals surface area contributed by atoms with E-state index in [4.69, 9.17) is 30.9 Å². The molecule has 5 fully saturated rings. The zero-order valence-corrected chi connectivity index (χ0v) is 43.9. The van der Waals surface area contributed by atoms with Crippen LogP contribution in [0.3, 0.4) is 0 Å². The number of aliphatic hydroxyl groups is 1. The van der Waals surface area contributed by atoms with Crippen molar-refractivity contribution < 1.29 is 33.6 Å². The number of nitrogens with zero attached hydrogens (tertiary/aromatic N) is 9. The van der Waals surface area contributed by atoms with E-state index in [-0.39, 0.29) is 48.0 Å². The summed E-state index contributed by atoms with van der Waals surface area (Å²) in [6.45, 7) is 7.49. The second kappa shape index (κ2) is 21.3. The maximum absolute atomic E-state index is 14.4. The lowest BCUT2D eigenvalue weighted by Crippen LogP contribution is -2.54. The molecule has 2 amide bonds. The van der Waals surface area contributed by atoms with Gasteiger partial charge in [-0.1, -0.05) is 73.1 Å². The fraction of sp³-hybridized carbons (Fsp3) is 0.431. The molecule has 1 saturated carbocycles. The van der Waals surface area contributed by atoms with Gasteiger partial charge in [-0.15, -0.1) is 10.2 Å². The van der Waals surface area contributed by atoms with Gasteiger partial charge in [0, 0.05) is 85.2 Å². The predicted octanol–water partition coefficient (Wildman–Crippen LogP) is 9.14. The van der Waals surface area contributed by atoms with Crippen molar-refractivity contribution in [3.8, 4) is 33.9 Å². The van der Waals surface area contributed by atoms with E-state index < -0.39 is 24.0 Å². The number of phenolic OH excluding ortho intramolecular Hbond substituents is 1. The number of rotatable bonds is 13. The molecule has 4 saturated heterocycles. The number of nitrogens with one attached hydrogen (secondary N) is 2. The highest BCUT2D eigenvalue weighted by atomic mass is 35.5. The Labute approximate surface area is 450 Å². The Morgan fingerprint density at radius 2 is 1.53 bits per heavy atom. The number of para-hydroxylation sites is 1. The molecule has 4 N–H and O–H groups in total. The number of hydrogen-bond donors (Lipinski definition) is 4. The minimum absolute atomic E-state index is 0.0336. The second-order valence-electron chi connectivity index (χ2n) is 21.9. The van der Waals surface area contributed by atoms with Crippen LogP contribution in [0.25, 0.3) is 33.4 Å². The molecular weight excluding hydrogens is 1000 g/mol. The summed E-state index contributed by atoms with van der Waals surface area (Å²) in [6.07, 6.45) is 13.3. The minimum Gasteiger partial charge on any atom is -0.507 e. The van der Waals surface area contributed by atoms with E-state index in [9.17, 15) is 24.2 Å². The van der Waals surface area contributed by atoms with Gasteiger partial charge in [0.25, 0.3) is 5.91 Å². The number of aromatic hydroxyl groups is 1. The minimum atomic E-state index is -0.996. The monoisotopic (exact) mass is 1060 g/mol. The van der Waals surface area contributed by atoms with Crippen LogP contribution in [0.2, 0.25) is 5.02 Å². The first-order chi connectivity index (χ1) is 37.4. The van der Waals surface area contributed by atoms with Crippen LogP contribution < -0.4 is 20.1 Å². The third-order valence-electron chi connectivity index (χ3n) is 17.0. The van der Waals surface area contributed by atoms with E-state index in [0.717, 1.165) is 100 Å². The van der Waals surface area contributed by atoms with Crippen molar-refractivity contribution in [3.63, 3.8) is 0 Å². The highest BCUT2D eigenvalue weighted by Crippen LogP contribution is 2.44. The van der Waals surface area contributed by atoms with Crippen LogP contribution in [0.4, 0.5) is 16.0 Å². The average Bonchev–Trinajstić information content (AvgIpc) is 4.25. The Morgan fingerprint density at radius 3 is 2.23 bits per heavy atom. The summed E-state index contributed by atoms with van der Waals surface area (Å²) < 4.78 is 20.3. The van der Waals surface area contributed by atoms with Crippen molar-refractivity contribution in [2.24, 2.45) is 5.92 Å². The van der Waals surface area contributed by atoms with Crippen LogP contribution in [0.5, 0.6) is 11.5 Å². The van der Waals surface area contributed by atoms with Gasteiger partial charge in [-0.05, 0) is 124 Å². The Bertz CT molecular complexity index is 3240. The summed E-state index contributed by atoms with van der Waals surface area (Å²) in [5.41, 5.74) is 8.53. The van der Waals surface area contributed by atoms with E-state index in [1.54, 1.807) is 54.6 Å². The van der Waals surface area contributed by atoms with Gasteiger partial charge in [-0.3, -0.25) is 9.59 Å². The fourth-order valence-corrected chi connectivity index (χ4v) is 13.3. The number of fused-ring (bicyclic) bond motifs is 3. The number of hydrogen-bond acceptors (Lipinski definition) is 14. The summed E-state index contributed by atoms with van der Waals surface area (Å²) in [5, 5.41) is 35.9. The maximum atomic E-state index is 14.4. The summed E-state index contributed by atoms with van der Waals surface area (Å²) >= 11 is 7.12. The van der Waals surface area contributed by atoms with Crippen molar-refractivity contribution >= 4 is 46.1 Å². The van der Waals surface area contributed by atoms with Crippen molar-refractivity contribution in [1.29, 1.82) is 0 Å². The molecule has 2 bridgehead atoms. The van der Waals surface area contributed by atoms with E-state index in [0.29, 0.717) is 62.9 Å². The number of phenols is 1. The van der Waals surface area contributed by atoms with Crippen molar-refractivity contribution in [3.05, 3.63) is 125 Å². The number of halogens is 2. The fourth-order valence-electron chi connectivity index (χ4n) is 12.9. The topological polar surface area (TPSA) is 202 Å². The molecule has 0 radical (unpaired) electrons. The molecule has 3 aromatic carbocycles. The van der Waals surface area contributed by atoms with Gasteiger partial charge in [-0.25, -0.2) is 14.4 Å². The van der Waals surface area contributed by atoms with Gasteiger partial charge >= 0.3 is 0 Å². The van der Waals surface area contributed by atoms with E-state index in [2.05, 4.69) is 52.9 Å². The third-order valence-corrected chi connectivity index (χ3v) is 17.4. The van der Waals surface area contributed by atoms with Crippen LogP contribution in [0, 0.1) is 11.7 Å². The molecule has 2 unspecified atom stereocenters. The lowest BCUT2D eigenvalue weighted by atomic mass is 9.81. The van der Waals surface area contributed by atoms with Gasteiger partial charge in [0.05, 0.1) is 17.5 Å². The van der Waals surface area contributed by atoms with Crippen LogP contribution in [0.15, 0.2) is 102 Å². The standard InChI is InChI=1S/C58H63ClFN11O6/c1-33(2)51(57(75)70-32-41(72)25-48(70)56(74)67-76-42-19-13-35(14-20-42)43-7-3-5-9-46(43)60)54-52(59)53(66-77-54)36-11-15-38(16-12-36)68-23-21-34(22-24-68)37-27-62-58(63-28-37)71-39-17-18-40(71)31-69(30-39)49-29-61-55-45(49)26-47(64-65-55)44-8-4-6-10-50(44)73/h3-10,13-14,19-20,26-29,33-34,36,38-41,48,51,72-73H,11-12,15-18,21-25,30-32H2,1-2H3,(H,61,65)(H,67,74)/t36-,38+,39?,40?,41-,48+,51-/m1/s1. The van der Waals surface area contributed by atoms with Crippen molar-refractivity contribution in [1.82, 2.24) is 45.6 Å². The quantitative estimate of drug-likeness (QED) is 0.0797. The van der Waals surface area contributed by atoms with Crippen molar-refractivity contribution in [2.75, 3.05) is 42.5 Å². The highest BCUT2D eigenvalue weighted by Gasteiger charge is 2.46. The number of anilines is 2. The molecule has 5 aliphatic rings. The Balaban J connectivity index is 0.624. The largest absolute Gasteiger partial charge is 0.507 e. The van der Waals surface area contributed by atoms with Gasteiger partial charge in [0.1, 0.15) is 34.2 Å². The maximum Gasteiger partial charge on any atom is 0.275 e. The smallest absolute Gasteiger partial charge is 0.275 e. The molecular formula is C58H63ClFN11O6. The molecule has 4 aliphatic heterocycles. The van der Waals surface area contributed by atoms with Crippen LogP contribution in [-0.4, -0.2) is 125 Å². The number of benzene rings is 3. The molecule has 19 heteroatoms. The van der Waals surface area contributed by atoms with Gasteiger partial charge in [-0.2, -0.15) is 5.48 Å². The van der Waals surface area contributed by atoms with E-state index in [1.165, 1.54) is 16.5 Å². The first-order valence-corrected chi connectivity index (χ1v) is 27.5. The van der Waals surface area contributed by atoms with Crippen LogP contribution >= 0.6 is 11.6 Å². The lowest BCUT2D eigenvalue weighted by Gasteiger charge is -2.42. The molecule has 5 atom stereocenters. The number of H-pyrrole nitrogens is 1. The molecule has 7 aromatic rings. The number of piperidine rings is 1.